The van der Waals surface area contributed by atoms with Crippen LogP contribution in [-0.4, -0.2) is 23.7 Å². The van der Waals surface area contributed by atoms with E-state index < -0.39 is 17.6 Å². The van der Waals surface area contributed by atoms with E-state index in [0.717, 1.165) is 6.42 Å². The van der Waals surface area contributed by atoms with Crippen molar-refractivity contribution in [2.75, 3.05) is 0 Å². The van der Waals surface area contributed by atoms with Crippen LogP contribution >= 0.6 is 0 Å². The molecule has 6 heteroatoms. The summed E-state index contributed by atoms with van der Waals surface area (Å²) in [4.78, 5) is 11.4. The number of amides is 1. The predicted octanol–water partition coefficient (Wildman–Crippen LogP) is 2.21. The lowest BCUT2D eigenvalue weighted by atomic mass is 9.98. The van der Waals surface area contributed by atoms with Gasteiger partial charge in [0.25, 0.3) is 0 Å². The zero-order valence-electron chi connectivity index (χ0n) is 10.7. The minimum Gasteiger partial charge on any atom is -0.352 e. The first-order chi connectivity index (χ1) is 7.52. The zero-order chi connectivity index (χ0) is 13.9. The summed E-state index contributed by atoms with van der Waals surface area (Å²) < 4.78 is 37.4. The van der Waals surface area contributed by atoms with E-state index in [0.29, 0.717) is 19.3 Å². The Morgan fingerprint density at radius 1 is 1.35 bits per heavy atom. The molecule has 3 unspecified atom stereocenters. The Morgan fingerprint density at radius 3 is 2.18 bits per heavy atom. The van der Waals surface area contributed by atoms with E-state index in [2.05, 4.69) is 5.32 Å². The van der Waals surface area contributed by atoms with E-state index in [1.807, 2.05) is 13.8 Å². The Morgan fingerprint density at radius 2 is 1.82 bits per heavy atom. The van der Waals surface area contributed by atoms with Crippen molar-refractivity contribution in [3.8, 4) is 0 Å². The zero-order valence-corrected chi connectivity index (χ0v) is 10.7. The van der Waals surface area contributed by atoms with Gasteiger partial charge in [-0.2, -0.15) is 13.2 Å². The van der Waals surface area contributed by atoms with Crippen LogP contribution in [-0.2, 0) is 4.79 Å². The number of alkyl halides is 3. The highest BCUT2D eigenvalue weighted by Crippen LogP contribution is 2.28. The lowest BCUT2D eigenvalue weighted by Crippen LogP contribution is -2.62. The highest BCUT2D eigenvalue weighted by atomic mass is 19.4. The molecule has 0 aromatic heterocycles. The summed E-state index contributed by atoms with van der Waals surface area (Å²) in [7, 11) is 0. The highest BCUT2D eigenvalue weighted by molar-refractivity contribution is 5.86. The highest BCUT2D eigenvalue weighted by Gasteiger charge is 2.54. The average Bonchev–Trinajstić information content (AvgIpc) is 2.15. The van der Waals surface area contributed by atoms with Crippen molar-refractivity contribution in [3.05, 3.63) is 0 Å². The van der Waals surface area contributed by atoms with Gasteiger partial charge < -0.3 is 11.1 Å². The average molecular weight is 254 g/mol. The summed E-state index contributed by atoms with van der Waals surface area (Å²) in [5, 5.41) is 2.31. The second-order valence-electron chi connectivity index (χ2n) is 4.82. The van der Waals surface area contributed by atoms with Crippen LogP contribution in [0.2, 0.25) is 0 Å². The third-order valence-electron chi connectivity index (χ3n) is 2.89. The Kier molecular flexibility index (Phi) is 5.45. The lowest BCUT2D eigenvalue weighted by molar-refractivity contribution is -0.187. The maximum absolute atomic E-state index is 12.5. The SMILES string of the molecule is CCC(C)CC(C)NC(=O)C(C)(N)C(F)(F)F. The van der Waals surface area contributed by atoms with Gasteiger partial charge in [-0.1, -0.05) is 20.3 Å². The molecule has 0 aromatic carbocycles. The van der Waals surface area contributed by atoms with E-state index >= 15 is 0 Å². The Balaban J connectivity index is 4.45. The first-order valence-electron chi connectivity index (χ1n) is 5.68. The minimum absolute atomic E-state index is 0.317. The number of nitrogens with one attached hydrogen (secondary N) is 1. The Hall–Kier alpha value is -0.780. The van der Waals surface area contributed by atoms with Gasteiger partial charge in [0.1, 0.15) is 0 Å². The molecule has 17 heavy (non-hydrogen) atoms. The van der Waals surface area contributed by atoms with Crippen molar-refractivity contribution in [2.45, 2.75) is 58.3 Å². The van der Waals surface area contributed by atoms with Crippen molar-refractivity contribution in [1.29, 1.82) is 0 Å². The van der Waals surface area contributed by atoms with Gasteiger partial charge in [-0.3, -0.25) is 4.79 Å². The van der Waals surface area contributed by atoms with Crippen LogP contribution in [0.5, 0.6) is 0 Å². The summed E-state index contributed by atoms with van der Waals surface area (Å²) in [5.41, 5.74) is 2.18. The molecule has 3 atom stereocenters. The molecule has 0 radical (unpaired) electrons. The number of carbonyl (C=O) groups is 1. The molecule has 3 nitrogen and oxygen atoms in total. The molecule has 1 amide bonds. The molecular formula is C11H21F3N2O. The standard InChI is InChI=1S/C11H21F3N2O/c1-5-7(2)6-8(3)16-9(17)10(4,15)11(12,13)14/h7-8H,5-6,15H2,1-4H3,(H,16,17). The summed E-state index contributed by atoms with van der Waals surface area (Å²) in [5.74, 6) is -0.832. The molecule has 0 aliphatic carbocycles. The van der Waals surface area contributed by atoms with E-state index in [1.54, 1.807) is 6.92 Å². The van der Waals surface area contributed by atoms with Gasteiger partial charge in [0.2, 0.25) is 5.91 Å². The monoisotopic (exact) mass is 254 g/mol. The summed E-state index contributed by atoms with van der Waals surface area (Å²) in [6, 6.07) is -0.317. The predicted molar refractivity (Wildman–Crippen MR) is 60.3 cm³/mol. The molecule has 3 N–H and O–H groups in total. The molecule has 0 aliphatic heterocycles. The molecule has 102 valence electrons. The molecule has 0 spiro atoms. The largest absolute Gasteiger partial charge is 0.415 e. The van der Waals surface area contributed by atoms with Crippen LogP contribution in [0.1, 0.15) is 40.5 Å². The molecule has 0 aromatic rings. The number of rotatable bonds is 5. The number of hydrogen-bond acceptors (Lipinski definition) is 2. The molecule has 0 fully saturated rings. The summed E-state index contributed by atoms with van der Waals surface area (Å²) >= 11 is 0. The van der Waals surface area contributed by atoms with Crippen molar-refractivity contribution >= 4 is 5.91 Å². The molecule has 0 rings (SSSR count). The second-order valence-corrected chi connectivity index (χ2v) is 4.82. The Labute approximate surface area is 99.9 Å². The van der Waals surface area contributed by atoms with Crippen molar-refractivity contribution in [3.63, 3.8) is 0 Å². The van der Waals surface area contributed by atoms with Crippen molar-refractivity contribution in [1.82, 2.24) is 5.32 Å². The topological polar surface area (TPSA) is 55.1 Å². The van der Waals surface area contributed by atoms with Gasteiger partial charge in [-0.25, -0.2) is 0 Å². The Bertz CT molecular complexity index is 264. The van der Waals surface area contributed by atoms with Crippen LogP contribution in [0, 0.1) is 5.92 Å². The normalized spacial score (nSPS) is 19.3. The first kappa shape index (κ1) is 16.2. The summed E-state index contributed by atoms with van der Waals surface area (Å²) in [6.07, 6.45) is -3.19. The molecule has 0 aliphatic rings. The third-order valence-corrected chi connectivity index (χ3v) is 2.89. The van der Waals surface area contributed by atoms with E-state index in [1.165, 1.54) is 0 Å². The van der Waals surface area contributed by atoms with Crippen molar-refractivity contribution in [2.24, 2.45) is 11.7 Å². The van der Waals surface area contributed by atoms with E-state index in [4.69, 9.17) is 5.73 Å². The second kappa shape index (κ2) is 5.71. The fourth-order valence-corrected chi connectivity index (χ4v) is 1.33. The van der Waals surface area contributed by atoms with Gasteiger partial charge in [0.05, 0.1) is 0 Å². The molecule has 0 bridgehead atoms. The molecular weight excluding hydrogens is 233 g/mol. The smallest absolute Gasteiger partial charge is 0.352 e. The maximum Gasteiger partial charge on any atom is 0.415 e. The molecule has 0 saturated carbocycles. The number of carbonyl (C=O) groups excluding carboxylic acids is 1. The maximum atomic E-state index is 12.5. The van der Waals surface area contributed by atoms with Crippen LogP contribution in [0.15, 0.2) is 0 Å². The lowest BCUT2D eigenvalue weighted by Gasteiger charge is -2.28. The minimum atomic E-state index is -4.74. The van der Waals surface area contributed by atoms with Gasteiger partial charge in [0.15, 0.2) is 5.54 Å². The van der Waals surface area contributed by atoms with E-state index in [-0.39, 0.29) is 6.04 Å². The fourth-order valence-electron chi connectivity index (χ4n) is 1.33. The molecule has 0 saturated heterocycles. The van der Waals surface area contributed by atoms with Gasteiger partial charge in [0, 0.05) is 6.04 Å². The van der Waals surface area contributed by atoms with Gasteiger partial charge in [-0.05, 0) is 26.2 Å². The van der Waals surface area contributed by atoms with Gasteiger partial charge >= 0.3 is 6.18 Å². The van der Waals surface area contributed by atoms with Gasteiger partial charge in [-0.15, -0.1) is 0 Å². The summed E-state index contributed by atoms with van der Waals surface area (Å²) in [6.45, 7) is 6.32. The van der Waals surface area contributed by atoms with Crippen molar-refractivity contribution < 1.29 is 18.0 Å². The first-order valence-corrected chi connectivity index (χ1v) is 5.68. The molecule has 0 heterocycles. The quantitative estimate of drug-likeness (QED) is 0.790. The van der Waals surface area contributed by atoms with Crippen LogP contribution in [0.3, 0.4) is 0 Å². The van der Waals surface area contributed by atoms with Crippen LogP contribution in [0.4, 0.5) is 13.2 Å². The van der Waals surface area contributed by atoms with E-state index in [9.17, 15) is 18.0 Å². The number of nitrogens with two attached hydrogens (primary N) is 1. The number of halogens is 3. The number of hydrogen-bond donors (Lipinski definition) is 2. The third kappa shape index (κ3) is 4.53. The van der Waals surface area contributed by atoms with Crippen LogP contribution in [0.25, 0.3) is 0 Å². The van der Waals surface area contributed by atoms with Crippen LogP contribution < -0.4 is 11.1 Å². The fraction of sp³-hybridized carbons (Fsp3) is 0.909.